The van der Waals surface area contributed by atoms with Crippen LogP contribution in [-0.4, -0.2) is 19.5 Å². The van der Waals surface area contributed by atoms with Crippen LogP contribution in [-0.2, 0) is 0 Å². The Kier molecular flexibility index (Phi) is 3.94. The van der Waals surface area contributed by atoms with Crippen molar-refractivity contribution in [1.82, 2.24) is 19.5 Å². The fraction of sp³-hybridized carbons (Fsp3) is 0. The Hall–Kier alpha value is -6.07. The van der Waals surface area contributed by atoms with Crippen LogP contribution < -0.4 is 0 Å². The molecule has 9 aromatic rings. The van der Waals surface area contributed by atoms with Crippen molar-refractivity contribution in [3.63, 3.8) is 0 Å². The van der Waals surface area contributed by atoms with Gasteiger partial charge in [0.05, 0.1) is 38.6 Å². The minimum absolute atomic E-state index is 0.00515. The van der Waals surface area contributed by atoms with Crippen LogP contribution in [0, 0.1) is 0 Å². The van der Waals surface area contributed by atoms with Crippen LogP contribution in [0.2, 0.25) is 0 Å². The van der Waals surface area contributed by atoms with Crippen molar-refractivity contribution < 1.29 is 15.4 Å². The molecular formula is C39H24N4O. The van der Waals surface area contributed by atoms with E-state index in [0.717, 1.165) is 11.1 Å². The SMILES string of the molecule is [2H]c1c([2H])c([2H])c2c(c1[2H])c1c([2H])c([2H])c([2H])c([2H])c1n2-c1cccc2oc3c(-c4nc(-c5ccccc5)nc(-c5ccccc5)n4)cccc3c12. The molecule has 3 aromatic heterocycles. The maximum absolute atomic E-state index is 8.99. The van der Waals surface area contributed by atoms with E-state index in [1.54, 1.807) is 18.2 Å². The van der Waals surface area contributed by atoms with Crippen LogP contribution in [0.15, 0.2) is 150 Å². The van der Waals surface area contributed by atoms with Crippen LogP contribution in [0.4, 0.5) is 0 Å². The normalized spacial score (nSPS) is 14.2. The Balaban J connectivity index is 1.38. The van der Waals surface area contributed by atoms with Crippen LogP contribution >= 0.6 is 0 Å². The summed E-state index contributed by atoms with van der Waals surface area (Å²) in [7, 11) is 0. The van der Waals surface area contributed by atoms with Gasteiger partial charge in [-0.3, -0.25) is 0 Å². The summed E-state index contributed by atoms with van der Waals surface area (Å²) in [5.74, 6) is 1.33. The number of hydrogen-bond acceptors (Lipinski definition) is 4. The maximum Gasteiger partial charge on any atom is 0.167 e. The van der Waals surface area contributed by atoms with Crippen molar-refractivity contribution >= 4 is 43.7 Å². The molecule has 0 aliphatic heterocycles. The second kappa shape index (κ2) is 9.75. The highest BCUT2D eigenvalue weighted by atomic mass is 16.3. The Bertz CT molecular complexity index is 2810. The largest absolute Gasteiger partial charge is 0.455 e. The van der Waals surface area contributed by atoms with Crippen LogP contribution in [0.5, 0.6) is 0 Å². The number of hydrogen-bond donors (Lipinski definition) is 0. The summed E-state index contributed by atoms with van der Waals surface area (Å²) >= 11 is 0. The highest BCUT2D eigenvalue weighted by Crippen LogP contribution is 2.41. The second-order valence-corrected chi connectivity index (χ2v) is 10.3. The molecule has 0 aliphatic carbocycles. The molecule has 44 heavy (non-hydrogen) atoms. The molecule has 5 heteroatoms. The Morgan fingerprint density at radius 1 is 0.523 bits per heavy atom. The monoisotopic (exact) mass is 572 g/mol. The number of para-hydroxylation sites is 3. The quantitative estimate of drug-likeness (QED) is 0.211. The minimum Gasteiger partial charge on any atom is -0.455 e. The van der Waals surface area contributed by atoms with Gasteiger partial charge in [0, 0.05) is 27.3 Å². The van der Waals surface area contributed by atoms with Gasteiger partial charge in [0.15, 0.2) is 17.5 Å². The topological polar surface area (TPSA) is 56.7 Å². The van der Waals surface area contributed by atoms with E-state index in [9.17, 15) is 0 Å². The van der Waals surface area contributed by atoms with E-state index in [2.05, 4.69) is 0 Å². The lowest BCUT2D eigenvalue weighted by molar-refractivity contribution is 0.669. The molecule has 0 amide bonds. The smallest absolute Gasteiger partial charge is 0.167 e. The summed E-state index contributed by atoms with van der Waals surface area (Å²) in [6.45, 7) is 0. The zero-order valence-corrected chi connectivity index (χ0v) is 22.9. The first-order valence-electron chi connectivity index (χ1n) is 18.0. The van der Waals surface area contributed by atoms with E-state index in [1.165, 1.54) is 4.57 Å². The van der Waals surface area contributed by atoms with Crippen LogP contribution in [0.25, 0.3) is 83.6 Å². The van der Waals surface area contributed by atoms with Gasteiger partial charge in [-0.2, -0.15) is 0 Å². The summed E-state index contributed by atoms with van der Waals surface area (Å²) in [4.78, 5) is 14.6. The van der Waals surface area contributed by atoms with Gasteiger partial charge in [0.25, 0.3) is 0 Å². The third-order valence-corrected chi connectivity index (χ3v) is 7.71. The van der Waals surface area contributed by atoms with Crippen molar-refractivity contribution in [3.05, 3.63) is 145 Å². The Labute approximate surface area is 263 Å². The first-order chi connectivity index (χ1) is 25.2. The molecule has 5 nitrogen and oxygen atoms in total. The molecular weight excluding hydrogens is 540 g/mol. The van der Waals surface area contributed by atoms with Crippen molar-refractivity contribution in [2.45, 2.75) is 0 Å². The lowest BCUT2D eigenvalue weighted by Crippen LogP contribution is -2.00. The molecule has 0 N–H and O–H groups in total. The van der Waals surface area contributed by atoms with E-state index in [-0.39, 0.29) is 33.9 Å². The molecule has 0 fully saturated rings. The molecule has 0 saturated heterocycles. The first-order valence-corrected chi connectivity index (χ1v) is 14.0. The fourth-order valence-corrected chi connectivity index (χ4v) is 5.78. The lowest BCUT2D eigenvalue weighted by Gasteiger charge is -2.10. The summed E-state index contributed by atoms with van der Waals surface area (Å²) in [5, 5.41) is 1.22. The molecule has 9 rings (SSSR count). The predicted molar refractivity (Wildman–Crippen MR) is 178 cm³/mol. The molecule has 0 radical (unpaired) electrons. The highest BCUT2D eigenvalue weighted by Gasteiger charge is 2.21. The maximum atomic E-state index is 8.99. The van der Waals surface area contributed by atoms with Crippen LogP contribution in [0.1, 0.15) is 11.0 Å². The summed E-state index contributed by atoms with van der Waals surface area (Å²) < 4.78 is 77.6. The molecule has 0 unspecified atom stereocenters. The number of aromatic nitrogens is 4. The number of nitrogens with zero attached hydrogens (tertiary/aromatic N) is 4. The summed E-state index contributed by atoms with van der Waals surface area (Å²) in [5.41, 5.74) is 3.57. The third kappa shape index (κ3) is 3.76. The van der Waals surface area contributed by atoms with E-state index < -0.39 is 36.3 Å². The fourth-order valence-electron chi connectivity index (χ4n) is 5.78. The molecule has 0 bridgehead atoms. The number of benzene rings is 6. The summed E-state index contributed by atoms with van der Waals surface area (Å²) in [6.07, 6.45) is 0. The second-order valence-electron chi connectivity index (χ2n) is 10.3. The Morgan fingerprint density at radius 3 is 1.73 bits per heavy atom. The zero-order valence-electron chi connectivity index (χ0n) is 30.9. The zero-order chi connectivity index (χ0) is 36.0. The van der Waals surface area contributed by atoms with Gasteiger partial charge in [-0.15, -0.1) is 0 Å². The standard InChI is InChI=1S/C39H24N4O/c1-3-13-25(14-4-1)37-40-38(26-15-5-2-6-16-26)42-39(41-37)30-20-11-19-29-35-33(23-12-24-34(35)44-36(29)30)43-31-21-9-7-17-27(31)28-18-8-10-22-32(28)43/h1-24H/i7D,8D,9D,10D,17D,18D,21D,22D. The van der Waals surface area contributed by atoms with Gasteiger partial charge in [-0.05, 0) is 30.3 Å². The number of rotatable bonds is 4. The van der Waals surface area contributed by atoms with Gasteiger partial charge in [-0.25, -0.2) is 15.0 Å². The van der Waals surface area contributed by atoms with E-state index >= 15 is 0 Å². The molecule has 0 aliphatic rings. The van der Waals surface area contributed by atoms with Gasteiger partial charge in [-0.1, -0.05) is 115 Å². The molecule has 0 spiro atoms. The summed E-state index contributed by atoms with van der Waals surface area (Å²) in [6, 6.07) is 26.5. The van der Waals surface area contributed by atoms with Gasteiger partial charge < -0.3 is 8.98 Å². The molecule has 206 valence electrons. The van der Waals surface area contributed by atoms with Gasteiger partial charge in [0.2, 0.25) is 0 Å². The molecule has 0 saturated carbocycles. The molecule has 0 atom stereocenters. The van der Waals surface area contributed by atoms with E-state index in [1.807, 2.05) is 78.9 Å². The van der Waals surface area contributed by atoms with Crippen molar-refractivity contribution in [2.75, 3.05) is 0 Å². The van der Waals surface area contributed by atoms with Crippen molar-refractivity contribution in [1.29, 1.82) is 0 Å². The average Bonchev–Trinajstić information content (AvgIpc) is 3.75. The minimum atomic E-state index is -0.498. The average molecular weight is 573 g/mol. The first kappa shape index (κ1) is 17.8. The molecule has 3 heterocycles. The molecule has 6 aromatic carbocycles. The third-order valence-electron chi connectivity index (χ3n) is 7.71. The van der Waals surface area contributed by atoms with Crippen molar-refractivity contribution in [2.24, 2.45) is 0 Å². The van der Waals surface area contributed by atoms with E-state index in [0.29, 0.717) is 50.7 Å². The highest BCUT2D eigenvalue weighted by molar-refractivity contribution is 6.16. The Morgan fingerprint density at radius 2 is 1.09 bits per heavy atom. The lowest BCUT2D eigenvalue weighted by atomic mass is 10.1. The van der Waals surface area contributed by atoms with Gasteiger partial charge >= 0.3 is 0 Å². The van der Waals surface area contributed by atoms with E-state index in [4.69, 9.17) is 30.3 Å². The number of fused-ring (bicyclic) bond motifs is 6. The van der Waals surface area contributed by atoms with Crippen molar-refractivity contribution in [3.8, 4) is 39.9 Å². The van der Waals surface area contributed by atoms with Gasteiger partial charge in [0.1, 0.15) is 11.2 Å². The predicted octanol–water partition coefficient (Wildman–Crippen LogP) is 9.87. The van der Waals surface area contributed by atoms with Crippen LogP contribution in [0.3, 0.4) is 0 Å². The number of furan rings is 1.